The molecule has 3 rings (SSSR count). The van der Waals surface area contributed by atoms with Gasteiger partial charge in [-0.1, -0.05) is 24.3 Å². The number of alkyl carbamates (subject to hydrolysis) is 1. The van der Waals surface area contributed by atoms with Crippen LogP contribution in [-0.2, 0) is 28.8 Å². The number of amides is 1. The fourth-order valence-electron chi connectivity index (χ4n) is 3.60. The first-order chi connectivity index (χ1) is 16.8. The van der Waals surface area contributed by atoms with Gasteiger partial charge in [0.05, 0.1) is 18.4 Å². The minimum atomic E-state index is -0.854. The molecule has 186 valence electrons. The smallest absolute Gasteiger partial charge is 0.407 e. The molecule has 8 nitrogen and oxygen atoms in total. The summed E-state index contributed by atoms with van der Waals surface area (Å²) < 4.78 is 16.9. The molecule has 0 saturated carbocycles. The van der Waals surface area contributed by atoms with Gasteiger partial charge in [0.1, 0.15) is 11.5 Å². The largest absolute Gasteiger partial charge is 0.493 e. The van der Waals surface area contributed by atoms with Crippen LogP contribution in [0.4, 0.5) is 4.79 Å². The van der Waals surface area contributed by atoms with Gasteiger partial charge in [0.25, 0.3) is 0 Å². The molecule has 0 radical (unpaired) electrons. The summed E-state index contributed by atoms with van der Waals surface area (Å²) in [7, 11) is 0. The van der Waals surface area contributed by atoms with Crippen LogP contribution >= 0.6 is 0 Å². The van der Waals surface area contributed by atoms with Gasteiger partial charge in [-0.2, -0.15) is 0 Å². The number of aryl methyl sites for hydroxylation is 2. The molecule has 0 aliphatic carbocycles. The second-order valence-corrected chi connectivity index (χ2v) is 8.44. The number of carbonyl (C=O) groups is 2. The van der Waals surface area contributed by atoms with Crippen LogP contribution in [-0.4, -0.2) is 41.4 Å². The zero-order valence-electron chi connectivity index (χ0n) is 20.4. The molecule has 2 N–H and O–H groups in total. The lowest BCUT2D eigenvalue weighted by atomic mass is 10.00. The van der Waals surface area contributed by atoms with Crippen molar-refractivity contribution in [3.8, 4) is 17.2 Å². The first-order valence-electron chi connectivity index (χ1n) is 11.7. The number of rotatable bonds is 12. The van der Waals surface area contributed by atoms with E-state index in [4.69, 9.17) is 19.0 Å². The number of oxazole rings is 1. The number of carboxylic acids is 1. The van der Waals surface area contributed by atoms with Gasteiger partial charge >= 0.3 is 12.1 Å². The maximum Gasteiger partial charge on any atom is 0.407 e. The molecule has 1 amide bonds. The fraction of sp³-hybridized carbons (Fsp3) is 0.370. The Balaban J connectivity index is 1.61. The van der Waals surface area contributed by atoms with Crippen LogP contribution < -0.4 is 10.1 Å². The van der Waals surface area contributed by atoms with E-state index in [9.17, 15) is 9.59 Å². The molecule has 8 heteroatoms. The topological polar surface area (TPSA) is 111 Å². The van der Waals surface area contributed by atoms with Crippen LogP contribution in [0, 0.1) is 6.92 Å². The molecule has 1 heterocycles. The lowest BCUT2D eigenvalue weighted by Crippen LogP contribution is -2.28. The first kappa shape index (κ1) is 25.8. The fourth-order valence-corrected chi connectivity index (χ4v) is 3.60. The standard InChI is InChI=1S/C27H32N2O6/c1-18(2)34-27(32)28-15-13-22-17-23(11-9-20(22)10-12-25(30)31)33-16-14-24-19(3)35-26(29-24)21-7-5-4-6-8-21/h4-9,11,17-18H,10,12-16H2,1-3H3,(H,28,32)(H,30,31). The van der Waals surface area contributed by atoms with E-state index < -0.39 is 12.1 Å². The highest BCUT2D eigenvalue weighted by atomic mass is 16.6. The lowest BCUT2D eigenvalue weighted by Gasteiger charge is -2.14. The number of hydrogen-bond acceptors (Lipinski definition) is 6. The maximum absolute atomic E-state index is 11.8. The average molecular weight is 481 g/mol. The molecule has 0 saturated heterocycles. The van der Waals surface area contributed by atoms with Crippen LogP contribution in [0.1, 0.15) is 42.8 Å². The molecule has 0 unspecified atom stereocenters. The molecular weight excluding hydrogens is 448 g/mol. The number of hydrogen-bond donors (Lipinski definition) is 2. The third-order valence-corrected chi connectivity index (χ3v) is 5.31. The second-order valence-electron chi connectivity index (χ2n) is 8.44. The van der Waals surface area contributed by atoms with Gasteiger partial charge in [-0.25, -0.2) is 9.78 Å². The van der Waals surface area contributed by atoms with E-state index in [2.05, 4.69) is 10.3 Å². The Morgan fingerprint density at radius 2 is 1.83 bits per heavy atom. The van der Waals surface area contributed by atoms with Crippen molar-refractivity contribution in [2.75, 3.05) is 13.2 Å². The van der Waals surface area contributed by atoms with Crippen LogP contribution in [0.15, 0.2) is 52.9 Å². The third kappa shape index (κ3) is 8.17. The van der Waals surface area contributed by atoms with Gasteiger partial charge < -0.3 is 24.3 Å². The maximum atomic E-state index is 11.8. The monoisotopic (exact) mass is 480 g/mol. The van der Waals surface area contributed by atoms with Crippen molar-refractivity contribution in [1.82, 2.24) is 10.3 Å². The molecule has 0 bridgehead atoms. The van der Waals surface area contributed by atoms with Crippen molar-refractivity contribution < 1.29 is 28.6 Å². The zero-order valence-corrected chi connectivity index (χ0v) is 20.4. The van der Waals surface area contributed by atoms with E-state index in [1.807, 2.05) is 55.5 Å². The summed E-state index contributed by atoms with van der Waals surface area (Å²) in [5.74, 6) is 1.17. The van der Waals surface area contributed by atoms with E-state index in [1.54, 1.807) is 13.8 Å². The quantitative estimate of drug-likeness (QED) is 0.377. The van der Waals surface area contributed by atoms with Crippen LogP contribution in [0.5, 0.6) is 5.75 Å². The van der Waals surface area contributed by atoms with Crippen LogP contribution in [0.2, 0.25) is 0 Å². The van der Waals surface area contributed by atoms with E-state index in [1.165, 1.54) is 0 Å². The van der Waals surface area contributed by atoms with E-state index >= 15 is 0 Å². The Morgan fingerprint density at radius 3 is 2.54 bits per heavy atom. The number of nitrogens with zero attached hydrogens (tertiary/aromatic N) is 1. The highest BCUT2D eigenvalue weighted by Crippen LogP contribution is 2.23. The van der Waals surface area contributed by atoms with Crippen LogP contribution in [0.25, 0.3) is 11.5 Å². The molecule has 0 aliphatic heterocycles. The number of aliphatic carboxylic acids is 1. The number of aromatic nitrogens is 1. The average Bonchev–Trinajstić information content (AvgIpc) is 3.19. The summed E-state index contributed by atoms with van der Waals surface area (Å²) in [5.41, 5.74) is 3.61. The molecule has 0 atom stereocenters. The van der Waals surface area contributed by atoms with E-state index in [-0.39, 0.29) is 12.5 Å². The molecule has 3 aromatic rings. The summed E-state index contributed by atoms with van der Waals surface area (Å²) in [5, 5.41) is 11.8. The number of carbonyl (C=O) groups excluding carboxylic acids is 1. The summed E-state index contributed by atoms with van der Waals surface area (Å²) in [4.78, 5) is 27.4. The lowest BCUT2D eigenvalue weighted by molar-refractivity contribution is -0.136. The molecular formula is C27H32N2O6. The Hall–Kier alpha value is -3.81. The van der Waals surface area contributed by atoms with Crippen LogP contribution in [0.3, 0.4) is 0 Å². The molecule has 0 fully saturated rings. The molecule has 2 aromatic carbocycles. The Labute approximate surface area is 205 Å². The summed E-state index contributed by atoms with van der Waals surface area (Å²) in [6, 6.07) is 15.4. The SMILES string of the molecule is Cc1oc(-c2ccccc2)nc1CCOc1ccc(CCC(=O)O)c(CCNC(=O)OC(C)C)c1. The van der Waals surface area contributed by atoms with Gasteiger partial charge in [0, 0.05) is 24.9 Å². The van der Waals surface area contributed by atoms with E-state index in [0.29, 0.717) is 44.1 Å². The van der Waals surface area contributed by atoms with Gasteiger partial charge in [-0.05, 0) is 69.0 Å². The highest BCUT2D eigenvalue weighted by Gasteiger charge is 2.13. The molecule has 0 aliphatic rings. The molecule has 1 aromatic heterocycles. The highest BCUT2D eigenvalue weighted by molar-refractivity contribution is 5.67. The normalized spacial score (nSPS) is 10.9. The minimum Gasteiger partial charge on any atom is -0.493 e. The summed E-state index contributed by atoms with van der Waals surface area (Å²) >= 11 is 0. The molecule has 35 heavy (non-hydrogen) atoms. The second kappa shape index (κ2) is 12.6. The Kier molecular flexibility index (Phi) is 9.29. The van der Waals surface area contributed by atoms with Gasteiger partial charge in [-0.15, -0.1) is 0 Å². The predicted octanol–water partition coefficient (Wildman–Crippen LogP) is 4.97. The number of carboxylic acid groups (broad SMARTS) is 1. The van der Waals surface area contributed by atoms with Crippen molar-refractivity contribution >= 4 is 12.1 Å². The number of benzene rings is 2. The van der Waals surface area contributed by atoms with Gasteiger partial charge in [0.2, 0.25) is 5.89 Å². The van der Waals surface area contributed by atoms with Crippen molar-refractivity contribution in [3.63, 3.8) is 0 Å². The number of nitrogens with one attached hydrogen (secondary N) is 1. The molecule has 0 spiro atoms. The van der Waals surface area contributed by atoms with E-state index in [0.717, 1.165) is 28.1 Å². The predicted molar refractivity (Wildman–Crippen MR) is 132 cm³/mol. The summed E-state index contributed by atoms with van der Waals surface area (Å²) in [6.07, 6.45) is 0.878. The first-order valence-corrected chi connectivity index (χ1v) is 11.7. The Morgan fingerprint density at radius 1 is 1.06 bits per heavy atom. The summed E-state index contributed by atoms with van der Waals surface area (Å²) in [6.45, 7) is 6.24. The van der Waals surface area contributed by atoms with Crippen molar-refractivity contribution in [1.29, 1.82) is 0 Å². The number of ether oxygens (including phenoxy) is 2. The van der Waals surface area contributed by atoms with Crippen molar-refractivity contribution in [2.45, 2.75) is 52.6 Å². The van der Waals surface area contributed by atoms with Gasteiger partial charge in [0.15, 0.2) is 0 Å². The third-order valence-electron chi connectivity index (χ3n) is 5.31. The van der Waals surface area contributed by atoms with Gasteiger partial charge in [-0.3, -0.25) is 4.79 Å². The minimum absolute atomic E-state index is 0.0329. The Bertz CT molecular complexity index is 1120. The van der Waals surface area contributed by atoms with Crippen molar-refractivity contribution in [3.05, 3.63) is 71.1 Å². The van der Waals surface area contributed by atoms with Crippen molar-refractivity contribution in [2.24, 2.45) is 0 Å². The zero-order chi connectivity index (χ0) is 25.2.